The first kappa shape index (κ1) is 15.8. The Morgan fingerprint density at radius 2 is 2.04 bits per heavy atom. The Balaban J connectivity index is 1.76. The summed E-state index contributed by atoms with van der Waals surface area (Å²) in [5, 5.41) is 0. The van der Waals surface area contributed by atoms with E-state index in [0.717, 1.165) is 28.4 Å². The largest absolute Gasteiger partial charge is 0.493 e. The summed E-state index contributed by atoms with van der Waals surface area (Å²) in [5.74, 6) is 2.87. The Hall–Kier alpha value is -2.67. The standard InChI is InChI=1S/C18H18N2O4S/c1-20-9-11(4-5-16(20)22-3)13-8-19-25-18(13)12-6-14(21-2)17-15(7-12)23-10-24-17/h4-8H,9-10H2,1-3H3. The maximum Gasteiger partial charge on any atom is 0.231 e. The van der Waals surface area contributed by atoms with Gasteiger partial charge in [-0.15, -0.1) is 0 Å². The molecule has 25 heavy (non-hydrogen) atoms. The van der Waals surface area contributed by atoms with E-state index in [1.165, 1.54) is 17.1 Å². The van der Waals surface area contributed by atoms with Gasteiger partial charge in [-0.3, -0.25) is 0 Å². The summed E-state index contributed by atoms with van der Waals surface area (Å²) in [6, 6.07) is 3.94. The fourth-order valence-electron chi connectivity index (χ4n) is 3.02. The lowest BCUT2D eigenvalue weighted by Gasteiger charge is -2.25. The van der Waals surface area contributed by atoms with Crippen LogP contribution in [-0.2, 0) is 4.74 Å². The van der Waals surface area contributed by atoms with Crippen molar-refractivity contribution >= 4 is 17.1 Å². The molecule has 130 valence electrons. The molecule has 1 aromatic carbocycles. The van der Waals surface area contributed by atoms with Gasteiger partial charge in [-0.25, -0.2) is 0 Å². The lowest BCUT2D eigenvalue weighted by Crippen LogP contribution is -2.23. The second-order valence-electron chi connectivity index (χ2n) is 5.74. The molecule has 0 saturated carbocycles. The Morgan fingerprint density at radius 3 is 2.80 bits per heavy atom. The van der Waals surface area contributed by atoms with E-state index in [4.69, 9.17) is 18.9 Å². The van der Waals surface area contributed by atoms with Crippen LogP contribution in [0.5, 0.6) is 17.2 Å². The van der Waals surface area contributed by atoms with Crippen molar-refractivity contribution in [1.82, 2.24) is 9.27 Å². The first-order chi connectivity index (χ1) is 12.2. The summed E-state index contributed by atoms with van der Waals surface area (Å²) in [4.78, 5) is 3.14. The Kier molecular flexibility index (Phi) is 4.01. The van der Waals surface area contributed by atoms with Crippen molar-refractivity contribution in [3.05, 3.63) is 41.9 Å². The maximum absolute atomic E-state index is 5.54. The third kappa shape index (κ3) is 2.70. The zero-order chi connectivity index (χ0) is 17.4. The highest BCUT2D eigenvalue weighted by molar-refractivity contribution is 7.09. The maximum atomic E-state index is 5.54. The van der Waals surface area contributed by atoms with E-state index < -0.39 is 0 Å². The zero-order valence-corrected chi connectivity index (χ0v) is 15.1. The van der Waals surface area contributed by atoms with Gasteiger partial charge in [0.05, 0.1) is 19.1 Å². The van der Waals surface area contributed by atoms with E-state index in [0.29, 0.717) is 17.2 Å². The first-order valence-electron chi connectivity index (χ1n) is 7.80. The molecular formula is C18H18N2O4S. The van der Waals surface area contributed by atoms with Crippen LogP contribution in [0.3, 0.4) is 0 Å². The molecule has 0 N–H and O–H groups in total. The smallest absolute Gasteiger partial charge is 0.231 e. The number of hydrogen-bond acceptors (Lipinski definition) is 7. The summed E-state index contributed by atoms with van der Waals surface area (Å²) in [7, 11) is 5.31. The summed E-state index contributed by atoms with van der Waals surface area (Å²) in [5.41, 5.74) is 3.29. The highest BCUT2D eigenvalue weighted by atomic mass is 32.1. The zero-order valence-electron chi connectivity index (χ0n) is 14.2. The highest BCUT2D eigenvalue weighted by Gasteiger charge is 2.23. The number of nitrogens with zero attached hydrogens (tertiary/aromatic N) is 2. The van der Waals surface area contributed by atoms with E-state index in [1.807, 2.05) is 31.5 Å². The van der Waals surface area contributed by atoms with Crippen LogP contribution in [0, 0.1) is 0 Å². The third-order valence-electron chi connectivity index (χ3n) is 4.26. The molecule has 3 heterocycles. The van der Waals surface area contributed by atoms with Crippen molar-refractivity contribution < 1.29 is 18.9 Å². The van der Waals surface area contributed by atoms with Crippen LogP contribution in [0.2, 0.25) is 0 Å². The molecule has 0 saturated heterocycles. The Morgan fingerprint density at radius 1 is 1.16 bits per heavy atom. The predicted octanol–water partition coefficient (Wildman–Crippen LogP) is 3.36. The Labute approximate surface area is 150 Å². The second-order valence-corrected chi connectivity index (χ2v) is 6.54. The fourth-order valence-corrected chi connectivity index (χ4v) is 3.79. The van der Waals surface area contributed by atoms with E-state index in [-0.39, 0.29) is 6.79 Å². The summed E-state index contributed by atoms with van der Waals surface area (Å²) in [6.07, 6.45) is 5.96. The van der Waals surface area contributed by atoms with Gasteiger partial charge >= 0.3 is 0 Å². The molecule has 0 aliphatic carbocycles. The number of aromatic nitrogens is 1. The predicted molar refractivity (Wildman–Crippen MR) is 95.9 cm³/mol. The number of methoxy groups -OCH3 is 2. The SMILES string of the molecule is COC1=CC=C(c2cnsc2-c2cc(OC)c3c(c2)OCO3)CN1C. The van der Waals surface area contributed by atoms with Crippen LogP contribution in [0.4, 0.5) is 0 Å². The molecule has 1 aromatic heterocycles. The van der Waals surface area contributed by atoms with E-state index >= 15 is 0 Å². The molecule has 0 unspecified atom stereocenters. The highest BCUT2D eigenvalue weighted by Crippen LogP contribution is 2.46. The topological polar surface area (TPSA) is 53.1 Å². The Bertz CT molecular complexity index is 872. The number of benzene rings is 1. The third-order valence-corrected chi connectivity index (χ3v) is 5.11. The number of ether oxygens (including phenoxy) is 4. The average Bonchev–Trinajstić information content (AvgIpc) is 3.29. The number of allylic oxidation sites excluding steroid dienone is 2. The van der Waals surface area contributed by atoms with Crippen molar-refractivity contribution in [2.24, 2.45) is 0 Å². The molecule has 7 heteroatoms. The first-order valence-corrected chi connectivity index (χ1v) is 8.57. The van der Waals surface area contributed by atoms with Crippen molar-refractivity contribution in [3.8, 4) is 27.7 Å². The van der Waals surface area contributed by atoms with Crippen molar-refractivity contribution in [1.29, 1.82) is 0 Å². The monoisotopic (exact) mass is 358 g/mol. The molecule has 0 atom stereocenters. The molecule has 6 nitrogen and oxygen atoms in total. The number of fused-ring (bicyclic) bond motifs is 1. The molecule has 0 amide bonds. The van der Waals surface area contributed by atoms with Crippen LogP contribution in [0.1, 0.15) is 5.56 Å². The van der Waals surface area contributed by atoms with Crippen LogP contribution in [0.15, 0.2) is 36.4 Å². The molecule has 0 spiro atoms. The molecule has 4 rings (SSSR count). The summed E-state index contributed by atoms with van der Waals surface area (Å²) < 4.78 is 26.2. The van der Waals surface area contributed by atoms with Gasteiger partial charge in [0.2, 0.25) is 12.5 Å². The van der Waals surface area contributed by atoms with Gasteiger partial charge < -0.3 is 23.8 Å². The molecule has 2 aromatic rings. The molecular weight excluding hydrogens is 340 g/mol. The molecule has 2 aliphatic rings. The minimum atomic E-state index is 0.214. The van der Waals surface area contributed by atoms with Crippen molar-refractivity contribution in [2.45, 2.75) is 0 Å². The number of likely N-dealkylation sites (N-methyl/N-ethyl adjacent to an activating group) is 1. The molecule has 0 radical (unpaired) electrons. The van der Waals surface area contributed by atoms with E-state index in [2.05, 4.69) is 15.3 Å². The van der Waals surface area contributed by atoms with Crippen LogP contribution in [0.25, 0.3) is 16.0 Å². The average molecular weight is 358 g/mol. The van der Waals surface area contributed by atoms with Gasteiger partial charge in [-0.1, -0.05) is 6.08 Å². The van der Waals surface area contributed by atoms with Gasteiger partial charge in [0.1, 0.15) is 0 Å². The second kappa shape index (κ2) is 6.33. The van der Waals surface area contributed by atoms with E-state index in [1.54, 1.807) is 14.2 Å². The van der Waals surface area contributed by atoms with E-state index in [9.17, 15) is 0 Å². The quantitative estimate of drug-likeness (QED) is 0.835. The van der Waals surface area contributed by atoms with Crippen LogP contribution >= 0.6 is 11.5 Å². The number of hydrogen-bond donors (Lipinski definition) is 0. The molecule has 0 fully saturated rings. The van der Waals surface area contributed by atoms with Crippen molar-refractivity contribution in [3.63, 3.8) is 0 Å². The minimum absolute atomic E-state index is 0.214. The lowest BCUT2D eigenvalue weighted by molar-refractivity contribution is 0.171. The van der Waals surface area contributed by atoms with Gasteiger partial charge in [0, 0.05) is 30.9 Å². The molecule has 2 aliphatic heterocycles. The lowest BCUT2D eigenvalue weighted by atomic mass is 10.0. The van der Waals surface area contributed by atoms with Gasteiger partial charge in [-0.05, 0) is 35.3 Å². The van der Waals surface area contributed by atoms with Gasteiger partial charge in [-0.2, -0.15) is 4.37 Å². The van der Waals surface area contributed by atoms with Gasteiger partial charge in [0.25, 0.3) is 0 Å². The van der Waals surface area contributed by atoms with Crippen LogP contribution < -0.4 is 14.2 Å². The van der Waals surface area contributed by atoms with Crippen molar-refractivity contribution in [2.75, 3.05) is 34.6 Å². The fraction of sp³-hybridized carbons (Fsp3) is 0.278. The summed E-state index contributed by atoms with van der Waals surface area (Å²) in [6.45, 7) is 0.970. The number of rotatable bonds is 4. The molecule has 0 bridgehead atoms. The normalized spacial score (nSPS) is 15.7. The summed E-state index contributed by atoms with van der Waals surface area (Å²) >= 11 is 1.46. The van der Waals surface area contributed by atoms with Gasteiger partial charge in [0.15, 0.2) is 17.4 Å². The minimum Gasteiger partial charge on any atom is -0.493 e. The van der Waals surface area contributed by atoms with Crippen LogP contribution in [-0.4, -0.2) is 43.9 Å².